The highest BCUT2D eigenvalue weighted by atomic mass is 35.5. The van der Waals surface area contributed by atoms with Gasteiger partial charge in [-0.05, 0) is 39.2 Å². The maximum atomic E-state index is 5.94. The van der Waals surface area contributed by atoms with Gasteiger partial charge < -0.3 is 0 Å². The summed E-state index contributed by atoms with van der Waals surface area (Å²) < 4.78 is 0. The van der Waals surface area contributed by atoms with E-state index in [0.717, 1.165) is 19.0 Å². The molecule has 2 rings (SSSR count). The Morgan fingerprint density at radius 1 is 1.50 bits per heavy atom. The molecule has 0 bridgehead atoms. The van der Waals surface area contributed by atoms with E-state index in [1.807, 2.05) is 11.3 Å². The number of alkyl halides is 1. The summed E-state index contributed by atoms with van der Waals surface area (Å²) in [4.78, 5) is 8.44. The standard InChI is InChI=1S/C12H19ClN2S/c1-9-10(2)16-12(14-9)8-15-5-3-4-11(6-13)7-15/h11H,3-8H2,1-2H3. The van der Waals surface area contributed by atoms with Crippen LogP contribution >= 0.6 is 22.9 Å². The van der Waals surface area contributed by atoms with E-state index in [1.54, 1.807) is 0 Å². The van der Waals surface area contributed by atoms with Crippen LogP contribution in [0.2, 0.25) is 0 Å². The molecule has 1 aliphatic rings. The second kappa shape index (κ2) is 5.48. The third kappa shape index (κ3) is 2.96. The van der Waals surface area contributed by atoms with Crippen LogP contribution in [0.3, 0.4) is 0 Å². The van der Waals surface area contributed by atoms with E-state index < -0.39 is 0 Å². The zero-order chi connectivity index (χ0) is 11.5. The van der Waals surface area contributed by atoms with Crippen LogP contribution in [0.25, 0.3) is 0 Å². The van der Waals surface area contributed by atoms with Crippen molar-refractivity contribution >= 4 is 22.9 Å². The molecule has 16 heavy (non-hydrogen) atoms. The number of aromatic nitrogens is 1. The van der Waals surface area contributed by atoms with E-state index in [-0.39, 0.29) is 0 Å². The van der Waals surface area contributed by atoms with Crippen molar-refractivity contribution < 1.29 is 0 Å². The first-order chi connectivity index (χ1) is 7.69. The van der Waals surface area contributed by atoms with E-state index >= 15 is 0 Å². The van der Waals surface area contributed by atoms with Crippen molar-refractivity contribution in [1.29, 1.82) is 0 Å². The lowest BCUT2D eigenvalue weighted by molar-refractivity contribution is 0.178. The molecular formula is C12H19ClN2S. The van der Waals surface area contributed by atoms with Crippen LogP contribution in [0.1, 0.15) is 28.4 Å². The van der Waals surface area contributed by atoms with Crippen LogP contribution in [-0.2, 0) is 6.54 Å². The minimum absolute atomic E-state index is 0.678. The average molecular weight is 259 g/mol. The lowest BCUT2D eigenvalue weighted by atomic mass is 10.0. The number of halogens is 1. The van der Waals surface area contributed by atoms with Gasteiger partial charge in [0.15, 0.2) is 0 Å². The Balaban J connectivity index is 1.93. The van der Waals surface area contributed by atoms with E-state index in [1.165, 1.54) is 35.0 Å². The molecular weight excluding hydrogens is 240 g/mol. The largest absolute Gasteiger partial charge is 0.296 e. The number of hydrogen-bond donors (Lipinski definition) is 0. The zero-order valence-corrected chi connectivity index (χ0v) is 11.6. The Morgan fingerprint density at radius 2 is 2.31 bits per heavy atom. The van der Waals surface area contributed by atoms with E-state index in [0.29, 0.717) is 5.92 Å². The van der Waals surface area contributed by atoms with Gasteiger partial charge in [-0.2, -0.15) is 0 Å². The van der Waals surface area contributed by atoms with Gasteiger partial charge in [0.05, 0.1) is 12.2 Å². The summed E-state index contributed by atoms with van der Waals surface area (Å²) in [5.74, 6) is 1.48. The number of hydrogen-bond acceptors (Lipinski definition) is 3. The molecule has 0 aliphatic carbocycles. The Labute approximate surface area is 107 Å². The van der Waals surface area contributed by atoms with Gasteiger partial charge in [-0.1, -0.05) is 0 Å². The lowest BCUT2D eigenvalue weighted by Crippen LogP contribution is -2.35. The van der Waals surface area contributed by atoms with Gasteiger partial charge in [0.2, 0.25) is 0 Å². The molecule has 1 unspecified atom stereocenters. The SMILES string of the molecule is Cc1nc(CN2CCCC(CCl)C2)sc1C. The van der Waals surface area contributed by atoms with Crippen LogP contribution in [0.5, 0.6) is 0 Å². The van der Waals surface area contributed by atoms with Crippen molar-refractivity contribution in [2.24, 2.45) is 5.92 Å². The first kappa shape index (κ1) is 12.3. The molecule has 0 radical (unpaired) electrons. The quantitative estimate of drug-likeness (QED) is 0.774. The third-order valence-electron chi connectivity index (χ3n) is 3.25. The Bertz CT molecular complexity index is 331. The smallest absolute Gasteiger partial charge is 0.107 e. The van der Waals surface area contributed by atoms with E-state index in [4.69, 9.17) is 11.6 Å². The monoisotopic (exact) mass is 258 g/mol. The fourth-order valence-electron chi connectivity index (χ4n) is 2.22. The molecule has 2 nitrogen and oxygen atoms in total. The summed E-state index contributed by atoms with van der Waals surface area (Å²) in [6.07, 6.45) is 2.57. The van der Waals surface area contributed by atoms with Crippen molar-refractivity contribution in [3.63, 3.8) is 0 Å². The maximum absolute atomic E-state index is 5.94. The number of likely N-dealkylation sites (tertiary alicyclic amines) is 1. The van der Waals surface area contributed by atoms with Crippen LogP contribution in [0.4, 0.5) is 0 Å². The number of aryl methyl sites for hydroxylation is 2. The second-order valence-electron chi connectivity index (χ2n) is 4.65. The Kier molecular flexibility index (Phi) is 4.22. The molecule has 0 spiro atoms. The highest BCUT2D eigenvalue weighted by Crippen LogP contribution is 2.22. The molecule has 0 N–H and O–H groups in total. The minimum Gasteiger partial charge on any atom is -0.296 e. The zero-order valence-electron chi connectivity index (χ0n) is 10.0. The molecule has 1 fully saturated rings. The number of thiazole rings is 1. The topological polar surface area (TPSA) is 16.1 Å². The Hall–Kier alpha value is -0.120. The van der Waals surface area contributed by atoms with Gasteiger partial charge in [-0.25, -0.2) is 4.98 Å². The van der Waals surface area contributed by atoms with Gasteiger partial charge in [0.1, 0.15) is 5.01 Å². The molecule has 1 atom stereocenters. The molecule has 1 aromatic heterocycles. The van der Waals surface area contributed by atoms with E-state index in [2.05, 4.69) is 23.7 Å². The highest BCUT2D eigenvalue weighted by molar-refractivity contribution is 7.11. The lowest BCUT2D eigenvalue weighted by Gasteiger charge is -2.30. The summed E-state index contributed by atoms with van der Waals surface area (Å²) in [5.41, 5.74) is 1.19. The van der Waals surface area contributed by atoms with Crippen molar-refractivity contribution in [2.45, 2.75) is 33.2 Å². The van der Waals surface area contributed by atoms with Gasteiger partial charge in [0, 0.05) is 17.3 Å². The third-order valence-corrected chi connectivity index (χ3v) is 4.75. The molecule has 0 saturated carbocycles. The van der Waals surface area contributed by atoms with Crippen LogP contribution in [0, 0.1) is 19.8 Å². The molecule has 4 heteroatoms. The summed E-state index contributed by atoms with van der Waals surface area (Å²) in [7, 11) is 0. The Morgan fingerprint density at radius 3 is 2.94 bits per heavy atom. The predicted octanol–water partition coefficient (Wildman–Crippen LogP) is 3.21. The molecule has 2 heterocycles. The summed E-state index contributed by atoms with van der Waals surface area (Å²) in [5, 5.41) is 1.25. The summed E-state index contributed by atoms with van der Waals surface area (Å²) in [6.45, 7) is 7.58. The molecule has 0 amide bonds. The van der Waals surface area contributed by atoms with Gasteiger partial charge in [-0.15, -0.1) is 22.9 Å². The van der Waals surface area contributed by atoms with Crippen molar-refractivity contribution in [3.05, 3.63) is 15.6 Å². The van der Waals surface area contributed by atoms with Crippen LogP contribution in [0.15, 0.2) is 0 Å². The second-order valence-corrected chi connectivity index (χ2v) is 6.24. The van der Waals surface area contributed by atoms with Gasteiger partial charge in [-0.3, -0.25) is 4.90 Å². The first-order valence-electron chi connectivity index (χ1n) is 5.90. The molecule has 1 aromatic rings. The fraction of sp³-hybridized carbons (Fsp3) is 0.750. The number of piperidine rings is 1. The number of rotatable bonds is 3. The van der Waals surface area contributed by atoms with E-state index in [9.17, 15) is 0 Å². The van der Waals surface area contributed by atoms with Gasteiger partial charge >= 0.3 is 0 Å². The average Bonchev–Trinajstić information content (AvgIpc) is 2.58. The van der Waals surface area contributed by atoms with Crippen molar-refractivity contribution in [3.8, 4) is 0 Å². The van der Waals surface area contributed by atoms with Crippen molar-refractivity contribution in [1.82, 2.24) is 9.88 Å². The normalized spacial score (nSPS) is 22.6. The molecule has 0 aromatic carbocycles. The molecule has 1 saturated heterocycles. The molecule has 1 aliphatic heterocycles. The summed E-state index contributed by atoms with van der Waals surface area (Å²) in [6, 6.07) is 0. The fourth-order valence-corrected chi connectivity index (χ4v) is 3.45. The van der Waals surface area contributed by atoms with Crippen LogP contribution in [-0.4, -0.2) is 28.9 Å². The predicted molar refractivity (Wildman–Crippen MR) is 70.3 cm³/mol. The maximum Gasteiger partial charge on any atom is 0.107 e. The summed E-state index contributed by atoms with van der Waals surface area (Å²) >= 11 is 7.77. The molecule has 90 valence electrons. The van der Waals surface area contributed by atoms with Crippen molar-refractivity contribution in [2.75, 3.05) is 19.0 Å². The van der Waals surface area contributed by atoms with Gasteiger partial charge in [0.25, 0.3) is 0 Å². The number of nitrogens with zero attached hydrogens (tertiary/aromatic N) is 2. The first-order valence-corrected chi connectivity index (χ1v) is 7.25. The highest BCUT2D eigenvalue weighted by Gasteiger charge is 2.20. The van der Waals surface area contributed by atoms with Crippen LogP contribution < -0.4 is 0 Å². The minimum atomic E-state index is 0.678.